The molecule has 0 radical (unpaired) electrons. The van der Waals surface area contributed by atoms with Gasteiger partial charge in [-0.2, -0.15) is 0 Å². The molecule has 0 aromatic carbocycles. The summed E-state index contributed by atoms with van der Waals surface area (Å²) in [5.74, 6) is 0.744. The first-order chi connectivity index (χ1) is 7.72. The first-order valence-corrected chi connectivity index (χ1v) is 5.51. The molecule has 0 bridgehead atoms. The second-order valence-electron chi connectivity index (χ2n) is 4.18. The van der Waals surface area contributed by atoms with Gasteiger partial charge in [-0.3, -0.25) is 4.98 Å². The minimum atomic E-state index is -0.610. The molecule has 2 heterocycles. The molecule has 1 aliphatic heterocycles. The number of methoxy groups -OCH3 is 1. The molecular weight excluding hydrogens is 206 g/mol. The third kappa shape index (κ3) is 2.18. The van der Waals surface area contributed by atoms with Gasteiger partial charge in [0.2, 0.25) is 0 Å². The topological polar surface area (TPSA) is 51.6 Å². The number of hydrogen-bond donors (Lipinski definition) is 1. The van der Waals surface area contributed by atoms with Crippen molar-refractivity contribution in [2.24, 2.45) is 5.92 Å². The quantitative estimate of drug-likeness (QED) is 0.844. The minimum Gasteiger partial charge on any atom is -0.495 e. The summed E-state index contributed by atoms with van der Waals surface area (Å²) >= 11 is 0. The molecule has 0 aliphatic carbocycles. The molecule has 4 heteroatoms. The lowest BCUT2D eigenvalue weighted by molar-refractivity contribution is 0.0764. The molecule has 0 saturated carbocycles. The lowest BCUT2D eigenvalue weighted by atomic mass is 9.96. The Morgan fingerprint density at radius 2 is 2.44 bits per heavy atom. The van der Waals surface area contributed by atoms with Gasteiger partial charge in [-0.1, -0.05) is 0 Å². The molecule has 16 heavy (non-hydrogen) atoms. The summed E-state index contributed by atoms with van der Waals surface area (Å²) in [6.07, 6.45) is 2.14. The highest BCUT2D eigenvalue weighted by Crippen LogP contribution is 2.34. The van der Waals surface area contributed by atoms with Crippen LogP contribution in [0.5, 0.6) is 5.75 Å². The number of aromatic nitrogens is 1. The fourth-order valence-corrected chi connectivity index (χ4v) is 2.09. The molecule has 1 aromatic heterocycles. The van der Waals surface area contributed by atoms with Gasteiger partial charge in [-0.25, -0.2) is 0 Å². The van der Waals surface area contributed by atoms with E-state index in [2.05, 4.69) is 4.98 Å². The van der Waals surface area contributed by atoms with Crippen LogP contribution in [0, 0.1) is 5.92 Å². The van der Waals surface area contributed by atoms with Crippen molar-refractivity contribution in [3.05, 3.63) is 24.0 Å². The monoisotopic (exact) mass is 223 g/mol. The predicted octanol–water partition coefficient (Wildman–Crippen LogP) is 1.55. The first kappa shape index (κ1) is 11.4. The van der Waals surface area contributed by atoms with Crippen LogP contribution in [0.3, 0.4) is 0 Å². The number of aliphatic hydroxyl groups excluding tert-OH is 1. The highest BCUT2D eigenvalue weighted by atomic mass is 16.5. The van der Waals surface area contributed by atoms with E-state index in [1.54, 1.807) is 19.4 Å². The number of aliphatic hydroxyl groups is 1. The van der Waals surface area contributed by atoms with Gasteiger partial charge in [0.05, 0.1) is 19.8 Å². The van der Waals surface area contributed by atoms with Crippen molar-refractivity contribution < 1.29 is 14.6 Å². The van der Waals surface area contributed by atoms with Crippen molar-refractivity contribution in [2.45, 2.75) is 25.6 Å². The zero-order valence-corrected chi connectivity index (χ0v) is 9.59. The minimum absolute atomic E-state index is 0.110. The van der Waals surface area contributed by atoms with E-state index in [0.29, 0.717) is 18.1 Å². The van der Waals surface area contributed by atoms with Gasteiger partial charge >= 0.3 is 0 Å². The van der Waals surface area contributed by atoms with Crippen molar-refractivity contribution >= 4 is 0 Å². The number of ether oxygens (including phenoxy) is 2. The van der Waals surface area contributed by atoms with E-state index < -0.39 is 6.10 Å². The van der Waals surface area contributed by atoms with Crippen molar-refractivity contribution in [3.63, 3.8) is 0 Å². The fraction of sp³-hybridized carbons (Fsp3) is 0.583. The predicted molar refractivity (Wildman–Crippen MR) is 59.3 cm³/mol. The largest absolute Gasteiger partial charge is 0.495 e. The third-order valence-electron chi connectivity index (χ3n) is 2.98. The van der Waals surface area contributed by atoms with Crippen LogP contribution in [0.15, 0.2) is 18.3 Å². The zero-order valence-electron chi connectivity index (χ0n) is 9.59. The van der Waals surface area contributed by atoms with E-state index in [9.17, 15) is 5.11 Å². The summed E-state index contributed by atoms with van der Waals surface area (Å²) in [6.45, 7) is 2.60. The molecule has 1 N–H and O–H groups in total. The van der Waals surface area contributed by atoms with Crippen molar-refractivity contribution in [1.29, 1.82) is 0 Å². The first-order valence-electron chi connectivity index (χ1n) is 5.51. The maximum atomic E-state index is 10.2. The van der Waals surface area contributed by atoms with E-state index in [1.165, 1.54) is 0 Å². The molecule has 2 rings (SSSR count). The number of rotatable bonds is 3. The highest BCUT2D eigenvalue weighted by molar-refractivity contribution is 5.29. The third-order valence-corrected chi connectivity index (χ3v) is 2.98. The number of nitrogens with zero attached hydrogens (tertiary/aromatic N) is 1. The smallest absolute Gasteiger partial charge is 0.143 e. The lowest BCUT2D eigenvalue weighted by Gasteiger charge is -2.18. The highest BCUT2D eigenvalue weighted by Gasteiger charge is 2.31. The summed E-state index contributed by atoms with van der Waals surface area (Å²) in [4.78, 5) is 4.19. The SMILES string of the molecule is COc1cccnc1C(O)C1COC(C)C1. The van der Waals surface area contributed by atoms with Gasteiger partial charge in [0, 0.05) is 12.1 Å². The van der Waals surface area contributed by atoms with E-state index in [1.807, 2.05) is 13.0 Å². The van der Waals surface area contributed by atoms with Gasteiger partial charge in [0.1, 0.15) is 17.5 Å². The second kappa shape index (κ2) is 4.80. The van der Waals surface area contributed by atoms with Crippen LogP contribution in [0.1, 0.15) is 25.1 Å². The Hall–Kier alpha value is -1.13. The van der Waals surface area contributed by atoms with Gasteiger partial charge in [-0.05, 0) is 25.5 Å². The average Bonchev–Trinajstić information content (AvgIpc) is 2.75. The standard InChI is InChI=1S/C12H17NO3/c1-8-6-9(7-16-8)12(14)11-10(15-2)4-3-5-13-11/h3-5,8-9,12,14H,6-7H2,1-2H3. The normalized spacial score (nSPS) is 26.7. The molecule has 1 aliphatic rings. The van der Waals surface area contributed by atoms with Crippen LogP contribution < -0.4 is 4.74 Å². The second-order valence-corrected chi connectivity index (χ2v) is 4.18. The molecule has 1 aromatic rings. The van der Waals surface area contributed by atoms with Gasteiger partial charge in [-0.15, -0.1) is 0 Å². The summed E-state index contributed by atoms with van der Waals surface area (Å²) in [6, 6.07) is 3.60. The molecule has 0 spiro atoms. The van der Waals surface area contributed by atoms with Crippen LogP contribution in [-0.2, 0) is 4.74 Å². The Labute approximate surface area is 95.2 Å². The molecule has 0 amide bonds. The fourth-order valence-electron chi connectivity index (χ4n) is 2.09. The Balaban J connectivity index is 2.16. The van der Waals surface area contributed by atoms with E-state index in [4.69, 9.17) is 9.47 Å². The summed E-state index contributed by atoms with van der Waals surface area (Å²) in [5, 5.41) is 10.2. The van der Waals surface area contributed by atoms with Gasteiger partial charge < -0.3 is 14.6 Å². The van der Waals surface area contributed by atoms with Crippen molar-refractivity contribution in [2.75, 3.05) is 13.7 Å². The Bertz CT molecular complexity index is 356. The Kier molecular flexibility index (Phi) is 3.41. The van der Waals surface area contributed by atoms with Crippen LogP contribution >= 0.6 is 0 Å². The van der Waals surface area contributed by atoms with E-state index in [0.717, 1.165) is 6.42 Å². The zero-order chi connectivity index (χ0) is 11.5. The molecular formula is C12H17NO3. The lowest BCUT2D eigenvalue weighted by Crippen LogP contribution is -2.15. The van der Waals surface area contributed by atoms with Gasteiger partial charge in [0.15, 0.2) is 0 Å². The molecule has 1 fully saturated rings. The van der Waals surface area contributed by atoms with E-state index in [-0.39, 0.29) is 12.0 Å². The van der Waals surface area contributed by atoms with Crippen molar-refractivity contribution in [3.8, 4) is 5.75 Å². The average molecular weight is 223 g/mol. The molecule has 1 saturated heterocycles. The van der Waals surface area contributed by atoms with Crippen LogP contribution in [0.25, 0.3) is 0 Å². The maximum Gasteiger partial charge on any atom is 0.143 e. The van der Waals surface area contributed by atoms with Gasteiger partial charge in [0.25, 0.3) is 0 Å². The Morgan fingerprint density at radius 1 is 1.62 bits per heavy atom. The number of hydrogen-bond acceptors (Lipinski definition) is 4. The maximum absolute atomic E-state index is 10.2. The molecule has 3 atom stereocenters. The molecule has 4 nitrogen and oxygen atoms in total. The van der Waals surface area contributed by atoms with E-state index >= 15 is 0 Å². The number of pyridine rings is 1. The molecule has 88 valence electrons. The van der Waals surface area contributed by atoms with Crippen LogP contribution in [0.2, 0.25) is 0 Å². The molecule has 3 unspecified atom stereocenters. The van der Waals surface area contributed by atoms with Crippen LogP contribution in [-0.4, -0.2) is 29.9 Å². The van der Waals surface area contributed by atoms with Crippen LogP contribution in [0.4, 0.5) is 0 Å². The summed E-state index contributed by atoms with van der Waals surface area (Å²) in [5.41, 5.74) is 0.604. The summed E-state index contributed by atoms with van der Waals surface area (Å²) < 4.78 is 10.6. The Morgan fingerprint density at radius 3 is 3.06 bits per heavy atom. The summed E-state index contributed by atoms with van der Waals surface area (Å²) in [7, 11) is 1.58. The van der Waals surface area contributed by atoms with Crippen molar-refractivity contribution in [1.82, 2.24) is 4.98 Å².